The monoisotopic (exact) mass is 326 g/mol. The molecule has 0 saturated heterocycles. The molecule has 2 aromatic carbocycles. The summed E-state index contributed by atoms with van der Waals surface area (Å²) in [5.41, 5.74) is 2.03. The molecule has 0 aliphatic carbocycles. The summed E-state index contributed by atoms with van der Waals surface area (Å²) in [5, 5.41) is 9.63. The van der Waals surface area contributed by atoms with Crippen LogP contribution >= 0.6 is 0 Å². The van der Waals surface area contributed by atoms with Gasteiger partial charge >= 0.3 is 0 Å². The summed E-state index contributed by atoms with van der Waals surface area (Å²) >= 11 is 0. The van der Waals surface area contributed by atoms with E-state index in [0.717, 1.165) is 11.1 Å². The fourth-order valence-electron chi connectivity index (χ4n) is 3.21. The first-order valence-corrected chi connectivity index (χ1v) is 7.99. The van der Waals surface area contributed by atoms with E-state index in [9.17, 15) is 10.1 Å². The van der Waals surface area contributed by atoms with E-state index in [4.69, 9.17) is 4.74 Å². The van der Waals surface area contributed by atoms with Gasteiger partial charge in [0, 0.05) is 17.3 Å². The lowest BCUT2D eigenvalue weighted by Crippen LogP contribution is -2.24. The topological polar surface area (TPSA) is 63.0 Å². The molecule has 1 aliphatic rings. The molecule has 0 fully saturated rings. The van der Waals surface area contributed by atoms with Crippen molar-refractivity contribution in [3.63, 3.8) is 0 Å². The third kappa shape index (κ3) is 2.56. The van der Waals surface area contributed by atoms with Crippen LogP contribution in [0.4, 0.5) is 0 Å². The average Bonchev–Trinajstić information content (AvgIpc) is 2.67. The van der Waals surface area contributed by atoms with Crippen molar-refractivity contribution in [1.29, 1.82) is 5.26 Å². The van der Waals surface area contributed by atoms with Gasteiger partial charge in [0.2, 0.25) is 0 Å². The number of nitriles is 1. The summed E-state index contributed by atoms with van der Waals surface area (Å²) in [6.45, 7) is 0. The van der Waals surface area contributed by atoms with Crippen molar-refractivity contribution in [1.82, 2.24) is 4.98 Å². The van der Waals surface area contributed by atoms with Crippen molar-refractivity contribution in [3.8, 4) is 17.6 Å². The highest BCUT2D eigenvalue weighted by molar-refractivity contribution is 5.97. The molecule has 4 heteroatoms. The first-order valence-electron chi connectivity index (χ1n) is 7.99. The quantitative estimate of drug-likeness (QED) is 0.724. The summed E-state index contributed by atoms with van der Waals surface area (Å²) in [7, 11) is 0. The second kappa shape index (κ2) is 6.21. The Kier molecular flexibility index (Phi) is 3.75. The van der Waals surface area contributed by atoms with Crippen molar-refractivity contribution < 1.29 is 9.53 Å². The Bertz CT molecular complexity index is 931. The fraction of sp³-hybridized carbons (Fsp3) is 0.0952. The normalized spacial score (nSPS) is 13.7. The van der Waals surface area contributed by atoms with E-state index >= 15 is 0 Å². The molecule has 1 aliphatic heterocycles. The molecule has 3 aromatic rings. The van der Waals surface area contributed by atoms with Crippen LogP contribution in [0.3, 0.4) is 0 Å². The maximum atomic E-state index is 13.3. The Hall–Kier alpha value is -3.45. The zero-order chi connectivity index (χ0) is 17.2. The zero-order valence-corrected chi connectivity index (χ0v) is 13.3. The predicted octanol–water partition coefficient (Wildman–Crippen LogP) is 4.20. The minimum atomic E-state index is -0.926. The molecule has 4 nitrogen and oxygen atoms in total. The molecule has 4 rings (SSSR count). The first-order chi connectivity index (χ1) is 12.3. The van der Waals surface area contributed by atoms with E-state index in [2.05, 4.69) is 11.1 Å². The van der Waals surface area contributed by atoms with Crippen LogP contribution in [0.5, 0.6) is 11.5 Å². The summed E-state index contributed by atoms with van der Waals surface area (Å²) in [6.07, 6.45) is 1.60. The van der Waals surface area contributed by atoms with Crippen LogP contribution < -0.4 is 4.74 Å². The van der Waals surface area contributed by atoms with E-state index < -0.39 is 11.8 Å². The SMILES string of the molecule is N#C[C@H](C(=O)C1c2ccccc2Oc2ccccc21)c1ccccn1. The maximum absolute atomic E-state index is 13.3. The highest BCUT2D eigenvalue weighted by Crippen LogP contribution is 2.45. The average molecular weight is 326 g/mol. The van der Waals surface area contributed by atoms with Gasteiger partial charge < -0.3 is 4.74 Å². The zero-order valence-electron chi connectivity index (χ0n) is 13.3. The van der Waals surface area contributed by atoms with E-state index in [1.807, 2.05) is 48.5 Å². The molecule has 1 aromatic heterocycles. The Labute approximate surface area is 145 Å². The minimum Gasteiger partial charge on any atom is -0.457 e. The summed E-state index contributed by atoms with van der Waals surface area (Å²) in [5.74, 6) is -0.364. The number of ether oxygens (including phenoxy) is 1. The van der Waals surface area contributed by atoms with Crippen molar-refractivity contribution in [3.05, 3.63) is 89.7 Å². The van der Waals surface area contributed by atoms with Gasteiger partial charge in [0.1, 0.15) is 17.4 Å². The molecule has 2 heterocycles. The van der Waals surface area contributed by atoms with Crippen molar-refractivity contribution in [2.24, 2.45) is 0 Å². The van der Waals surface area contributed by atoms with Gasteiger partial charge in [-0.05, 0) is 24.3 Å². The molecule has 0 unspecified atom stereocenters. The smallest absolute Gasteiger partial charge is 0.168 e. The number of para-hydroxylation sites is 2. The number of aromatic nitrogens is 1. The van der Waals surface area contributed by atoms with E-state index in [0.29, 0.717) is 17.2 Å². The van der Waals surface area contributed by atoms with Gasteiger partial charge in [0.15, 0.2) is 5.78 Å². The molecule has 0 radical (unpaired) electrons. The molecule has 0 bridgehead atoms. The van der Waals surface area contributed by atoms with Crippen molar-refractivity contribution in [2.45, 2.75) is 11.8 Å². The van der Waals surface area contributed by atoms with Crippen LogP contribution in [0.1, 0.15) is 28.7 Å². The molecule has 0 amide bonds. The Morgan fingerprint density at radius 1 is 0.960 bits per heavy atom. The Morgan fingerprint density at radius 2 is 1.56 bits per heavy atom. The second-order valence-electron chi connectivity index (χ2n) is 5.83. The van der Waals surface area contributed by atoms with Crippen LogP contribution in [-0.2, 0) is 4.79 Å². The van der Waals surface area contributed by atoms with Gasteiger partial charge in [-0.3, -0.25) is 9.78 Å². The van der Waals surface area contributed by atoms with Gasteiger partial charge in [0.05, 0.1) is 17.7 Å². The fourth-order valence-corrected chi connectivity index (χ4v) is 3.21. The number of benzene rings is 2. The lowest BCUT2D eigenvalue weighted by molar-refractivity contribution is -0.120. The molecule has 0 saturated carbocycles. The lowest BCUT2D eigenvalue weighted by atomic mass is 9.79. The Balaban J connectivity index is 1.85. The highest BCUT2D eigenvalue weighted by atomic mass is 16.5. The predicted molar refractivity (Wildman–Crippen MR) is 92.4 cm³/mol. The molecule has 0 spiro atoms. The van der Waals surface area contributed by atoms with Crippen molar-refractivity contribution in [2.75, 3.05) is 0 Å². The van der Waals surface area contributed by atoms with Crippen LogP contribution in [0.15, 0.2) is 72.9 Å². The van der Waals surface area contributed by atoms with Gasteiger partial charge in [0.25, 0.3) is 0 Å². The number of hydrogen-bond donors (Lipinski definition) is 0. The van der Waals surface area contributed by atoms with E-state index in [1.54, 1.807) is 24.4 Å². The van der Waals surface area contributed by atoms with Crippen LogP contribution in [-0.4, -0.2) is 10.8 Å². The number of Topliss-reactive ketones (excluding diaryl/α,β-unsaturated/α-hetero) is 1. The number of rotatable bonds is 3. The lowest BCUT2D eigenvalue weighted by Gasteiger charge is -2.28. The van der Waals surface area contributed by atoms with Gasteiger partial charge in [-0.15, -0.1) is 0 Å². The van der Waals surface area contributed by atoms with Gasteiger partial charge in [-0.2, -0.15) is 5.26 Å². The van der Waals surface area contributed by atoms with Crippen molar-refractivity contribution >= 4 is 5.78 Å². The second-order valence-corrected chi connectivity index (χ2v) is 5.83. The standard InChI is InChI=1S/C21H14N2O2/c22-13-16(17-9-5-6-12-23-17)21(24)20-14-7-1-3-10-18(14)25-19-11-4-2-8-15(19)20/h1-12,16,20H/t16-/m0/s1. The number of nitrogens with zero attached hydrogens (tertiary/aromatic N) is 2. The van der Waals surface area contributed by atoms with E-state index in [1.165, 1.54) is 0 Å². The molecular formula is C21H14N2O2. The largest absolute Gasteiger partial charge is 0.457 e. The molecule has 25 heavy (non-hydrogen) atoms. The molecular weight excluding hydrogens is 312 g/mol. The third-order valence-electron chi connectivity index (χ3n) is 4.36. The van der Waals surface area contributed by atoms with Gasteiger partial charge in [-0.1, -0.05) is 42.5 Å². The van der Waals surface area contributed by atoms with E-state index in [-0.39, 0.29) is 5.78 Å². The van der Waals surface area contributed by atoms with Gasteiger partial charge in [-0.25, -0.2) is 0 Å². The number of hydrogen-bond acceptors (Lipinski definition) is 4. The molecule has 0 N–H and O–H groups in total. The number of carbonyl (C=O) groups is 1. The first kappa shape index (κ1) is 15.1. The van der Waals surface area contributed by atoms with Crippen LogP contribution in [0, 0.1) is 11.3 Å². The molecule has 1 atom stereocenters. The minimum absolute atomic E-state index is 0.190. The Morgan fingerprint density at radius 3 is 2.12 bits per heavy atom. The number of pyridine rings is 1. The van der Waals surface area contributed by atoms with Crippen LogP contribution in [0.25, 0.3) is 0 Å². The summed E-state index contributed by atoms with van der Waals surface area (Å²) < 4.78 is 5.93. The number of fused-ring (bicyclic) bond motifs is 2. The van der Waals surface area contributed by atoms with Crippen LogP contribution in [0.2, 0.25) is 0 Å². The molecule has 120 valence electrons. The maximum Gasteiger partial charge on any atom is 0.168 e. The summed E-state index contributed by atoms with van der Waals surface area (Å²) in [4.78, 5) is 17.5. The third-order valence-corrected chi connectivity index (χ3v) is 4.36. The number of carbonyl (C=O) groups excluding carboxylic acids is 1. The summed E-state index contributed by atoms with van der Waals surface area (Å²) in [6, 6.07) is 22.3. The number of ketones is 1. The highest BCUT2D eigenvalue weighted by Gasteiger charge is 2.37.